The monoisotopic (exact) mass is 388 g/mol. The summed E-state index contributed by atoms with van der Waals surface area (Å²) in [5.41, 5.74) is 3.65. The van der Waals surface area contributed by atoms with Gasteiger partial charge in [0.25, 0.3) is 5.91 Å². The van der Waals surface area contributed by atoms with Crippen LogP contribution in [-0.4, -0.2) is 37.1 Å². The Balaban J connectivity index is 1.34. The number of anilines is 1. The summed E-state index contributed by atoms with van der Waals surface area (Å²) in [6, 6.07) is 16.9. The van der Waals surface area contributed by atoms with E-state index >= 15 is 0 Å². The summed E-state index contributed by atoms with van der Waals surface area (Å²) in [5, 5.41) is 5.05. The van der Waals surface area contributed by atoms with Gasteiger partial charge in [0.05, 0.1) is 13.2 Å². The Morgan fingerprint density at radius 3 is 2.66 bits per heavy atom. The highest BCUT2D eigenvalue weighted by atomic mass is 19.1. The van der Waals surface area contributed by atoms with Gasteiger partial charge in [-0.2, -0.15) is 0 Å². The third-order valence-corrected chi connectivity index (χ3v) is 5.58. The number of carbonyl (C=O) groups is 1. The lowest BCUT2D eigenvalue weighted by Gasteiger charge is -2.26. The fraction of sp³-hybridized carbons (Fsp3) is 0.208. The van der Waals surface area contributed by atoms with E-state index in [1.54, 1.807) is 12.1 Å². The number of ether oxygens (including phenoxy) is 1. The minimum absolute atomic E-state index is 0.228. The van der Waals surface area contributed by atoms with E-state index in [9.17, 15) is 9.18 Å². The summed E-state index contributed by atoms with van der Waals surface area (Å²) in [4.78, 5) is 15.1. The third kappa shape index (κ3) is 3.43. The number of carbonyl (C=O) groups excluding carboxylic acids is 1. The molecule has 0 radical (unpaired) electrons. The normalized spacial score (nSPS) is 16.1. The van der Waals surface area contributed by atoms with Gasteiger partial charge in [-0.05, 0) is 40.1 Å². The van der Waals surface area contributed by atoms with Gasteiger partial charge in [0, 0.05) is 36.5 Å². The van der Waals surface area contributed by atoms with Crippen molar-refractivity contribution in [2.75, 3.05) is 31.6 Å². The third-order valence-electron chi connectivity index (χ3n) is 5.58. The Labute approximate surface area is 168 Å². The maximum Gasteiger partial charge on any atom is 0.256 e. The van der Waals surface area contributed by atoms with Crippen molar-refractivity contribution in [3.63, 3.8) is 0 Å². The smallest absolute Gasteiger partial charge is 0.256 e. The summed E-state index contributed by atoms with van der Waals surface area (Å²) < 4.78 is 19.9. The number of nitrogens with zero attached hydrogens (tertiary/aromatic N) is 1. The zero-order valence-electron chi connectivity index (χ0n) is 16.0. The predicted octanol–water partition coefficient (Wildman–Crippen LogP) is 4.30. The molecule has 3 aromatic rings. The van der Waals surface area contributed by atoms with Crippen LogP contribution in [0.3, 0.4) is 0 Å². The molecule has 29 heavy (non-hydrogen) atoms. The van der Waals surface area contributed by atoms with Crippen molar-refractivity contribution in [3.05, 3.63) is 77.1 Å². The van der Waals surface area contributed by atoms with E-state index in [2.05, 4.69) is 10.2 Å². The van der Waals surface area contributed by atoms with Crippen molar-refractivity contribution in [1.29, 1.82) is 0 Å². The zero-order valence-corrected chi connectivity index (χ0v) is 16.0. The first kappa shape index (κ1) is 18.0. The second kappa shape index (κ2) is 7.43. The molecule has 3 aromatic carbocycles. The molecule has 1 aliphatic carbocycles. The molecule has 0 saturated carbocycles. The number of hydrogen-bond acceptors (Lipinski definition) is 3. The molecular formula is C24H21FN2O2. The molecule has 146 valence electrons. The van der Waals surface area contributed by atoms with Crippen molar-refractivity contribution >= 4 is 34.0 Å². The first-order valence-corrected chi connectivity index (χ1v) is 9.83. The molecule has 5 rings (SSSR count). The molecule has 1 fully saturated rings. The Morgan fingerprint density at radius 2 is 1.86 bits per heavy atom. The zero-order chi connectivity index (χ0) is 19.8. The number of morpholine rings is 1. The highest BCUT2D eigenvalue weighted by molar-refractivity contribution is 6.34. The quantitative estimate of drug-likeness (QED) is 0.724. The molecule has 0 atom stereocenters. The van der Waals surface area contributed by atoms with E-state index in [1.165, 1.54) is 6.07 Å². The van der Waals surface area contributed by atoms with Crippen LogP contribution in [0, 0.1) is 5.82 Å². The van der Waals surface area contributed by atoms with Gasteiger partial charge < -0.3 is 10.1 Å². The van der Waals surface area contributed by atoms with Gasteiger partial charge in [-0.3, -0.25) is 9.69 Å². The largest absolute Gasteiger partial charge is 0.379 e. The van der Waals surface area contributed by atoms with Crippen LogP contribution < -0.4 is 5.32 Å². The van der Waals surface area contributed by atoms with Crippen molar-refractivity contribution in [1.82, 2.24) is 4.90 Å². The van der Waals surface area contributed by atoms with Crippen LogP contribution >= 0.6 is 0 Å². The Bertz CT molecular complexity index is 1130. The predicted molar refractivity (Wildman–Crippen MR) is 113 cm³/mol. The van der Waals surface area contributed by atoms with Gasteiger partial charge in [0.15, 0.2) is 0 Å². The van der Waals surface area contributed by atoms with E-state index in [4.69, 9.17) is 4.74 Å². The standard InChI is InChI=1S/C24H21FN2O2/c25-22-14-19(8-7-18(22)15-27-9-11-29-12-10-27)26-24(28)21-13-17-5-1-3-16-4-2-6-20(21)23(16)17/h1-8,13-14H,9-12,15H2,(H,26,28). The molecule has 0 spiro atoms. The Hall–Kier alpha value is -3.02. The molecule has 5 heteroatoms. The number of hydrogen-bond donors (Lipinski definition) is 1. The maximum atomic E-state index is 14.6. The number of amides is 1. The lowest BCUT2D eigenvalue weighted by atomic mass is 10.0. The van der Waals surface area contributed by atoms with E-state index in [0.29, 0.717) is 36.6 Å². The molecule has 0 aromatic heterocycles. The minimum atomic E-state index is -0.305. The van der Waals surface area contributed by atoms with E-state index < -0.39 is 0 Å². The summed E-state index contributed by atoms with van der Waals surface area (Å²) in [6.45, 7) is 3.52. The summed E-state index contributed by atoms with van der Waals surface area (Å²) in [7, 11) is 0. The minimum Gasteiger partial charge on any atom is -0.379 e. The van der Waals surface area contributed by atoms with Crippen LogP contribution in [0.4, 0.5) is 10.1 Å². The van der Waals surface area contributed by atoms with Crippen LogP contribution in [0.5, 0.6) is 0 Å². The first-order valence-electron chi connectivity index (χ1n) is 9.83. The van der Waals surface area contributed by atoms with Crippen LogP contribution in [0.15, 0.2) is 54.6 Å². The van der Waals surface area contributed by atoms with Gasteiger partial charge in [-0.15, -0.1) is 0 Å². The van der Waals surface area contributed by atoms with Crippen molar-refractivity contribution in [2.45, 2.75) is 6.54 Å². The van der Waals surface area contributed by atoms with Gasteiger partial charge in [-0.25, -0.2) is 4.39 Å². The van der Waals surface area contributed by atoms with Crippen LogP contribution in [0.1, 0.15) is 16.7 Å². The molecule has 0 unspecified atom stereocenters. The molecule has 1 saturated heterocycles. The molecule has 4 nitrogen and oxygen atoms in total. The number of nitrogens with one attached hydrogen (secondary N) is 1. The van der Waals surface area contributed by atoms with Crippen LogP contribution in [0.2, 0.25) is 0 Å². The molecule has 1 N–H and O–H groups in total. The topological polar surface area (TPSA) is 41.6 Å². The lowest BCUT2D eigenvalue weighted by molar-refractivity contribution is -0.111. The molecule has 1 amide bonds. The van der Waals surface area contributed by atoms with Crippen molar-refractivity contribution in [3.8, 4) is 0 Å². The summed E-state index contributed by atoms with van der Waals surface area (Å²) in [6.07, 6.45) is 1.90. The average molecular weight is 388 g/mol. The van der Waals surface area contributed by atoms with Crippen molar-refractivity contribution in [2.24, 2.45) is 0 Å². The van der Waals surface area contributed by atoms with Gasteiger partial charge in [0.2, 0.25) is 0 Å². The van der Waals surface area contributed by atoms with Gasteiger partial charge in [0.1, 0.15) is 5.82 Å². The Morgan fingerprint density at radius 1 is 1.07 bits per heavy atom. The average Bonchev–Trinajstić information content (AvgIpc) is 3.12. The summed E-state index contributed by atoms with van der Waals surface area (Å²) >= 11 is 0. The number of benzene rings is 3. The van der Waals surface area contributed by atoms with E-state index in [-0.39, 0.29) is 11.7 Å². The van der Waals surface area contributed by atoms with Gasteiger partial charge >= 0.3 is 0 Å². The lowest BCUT2D eigenvalue weighted by Crippen LogP contribution is -2.35. The fourth-order valence-corrected chi connectivity index (χ4v) is 4.09. The highest BCUT2D eigenvalue weighted by Crippen LogP contribution is 2.37. The maximum absolute atomic E-state index is 14.6. The molecule has 1 heterocycles. The molecular weight excluding hydrogens is 367 g/mol. The summed E-state index contributed by atoms with van der Waals surface area (Å²) in [5.74, 6) is -0.533. The van der Waals surface area contributed by atoms with Crippen LogP contribution in [-0.2, 0) is 16.1 Å². The van der Waals surface area contributed by atoms with Gasteiger partial charge in [-0.1, -0.05) is 42.5 Å². The first-order chi connectivity index (χ1) is 14.2. The Kier molecular flexibility index (Phi) is 4.62. The second-order valence-corrected chi connectivity index (χ2v) is 7.46. The molecule has 2 aliphatic rings. The SMILES string of the molecule is O=C(Nc1ccc(CN2CCOCC2)c(F)c1)C1=Cc2cccc3cccc1c23. The number of rotatable bonds is 4. The van der Waals surface area contributed by atoms with Crippen molar-refractivity contribution < 1.29 is 13.9 Å². The van der Waals surface area contributed by atoms with Crippen LogP contribution in [0.25, 0.3) is 22.4 Å². The van der Waals surface area contributed by atoms with E-state index in [1.807, 2.05) is 42.5 Å². The highest BCUT2D eigenvalue weighted by Gasteiger charge is 2.22. The number of halogens is 1. The molecule has 0 bridgehead atoms. The van der Waals surface area contributed by atoms with E-state index in [0.717, 1.165) is 35.0 Å². The molecule has 1 aliphatic heterocycles. The fourth-order valence-electron chi connectivity index (χ4n) is 4.09. The second-order valence-electron chi connectivity index (χ2n) is 7.46.